The minimum absolute atomic E-state index is 0.335. The summed E-state index contributed by atoms with van der Waals surface area (Å²) < 4.78 is 42.0. The van der Waals surface area contributed by atoms with Gasteiger partial charge in [0, 0.05) is 6.07 Å². The van der Waals surface area contributed by atoms with Crippen molar-refractivity contribution in [2.75, 3.05) is 17.6 Å². The first-order valence-corrected chi connectivity index (χ1v) is 6.05. The highest BCUT2D eigenvalue weighted by Crippen LogP contribution is 2.20. The van der Waals surface area contributed by atoms with Crippen molar-refractivity contribution >= 4 is 21.7 Å². The Kier molecular flexibility index (Phi) is 3.89. The van der Waals surface area contributed by atoms with Gasteiger partial charge in [0.2, 0.25) is 10.0 Å². The fourth-order valence-corrected chi connectivity index (χ4v) is 2.01. The molecule has 0 heterocycles. The van der Waals surface area contributed by atoms with Gasteiger partial charge in [0.25, 0.3) is 0 Å². The van der Waals surface area contributed by atoms with Crippen molar-refractivity contribution < 1.29 is 27.4 Å². The summed E-state index contributed by atoms with van der Waals surface area (Å²) in [5.41, 5.74) is -0.355. The molecular formula is C9H10FNO5S. The molecule has 2 N–H and O–H groups in total. The quantitative estimate of drug-likeness (QED) is 0.607. The van der Waals surface area contributed by atoms with Crippen LogP contribution in [0.3, 0.4) is 0 Å². The Morgan fingerprint density at radius 2 is 2.18 bits per heavy atom. The van der Waals surface area contributed by atoms with Crippen LogP contribution in [0.25, 0.3) is 0 Å². The van der Waals surface area contributed by atoms with Crippen LogP contribution in [0.5, 0.6) is 5.75 Å². The lowest BCUT2D eigenvalue weighted by molar-refractivity contribution is -0.137. The molecule has 0 radical (unpaired) electrons. The Bertz CT molecular complexity index is 528. The summed E-state index contributed by atoms with van der Waals surface area (Å²) in [6, 6.07) is 2.90. The summed E-state index contributed by atoms with van der Waals surface area (Å²) in [5.74, 6) is -3.15. The van der Waals surface area contributed by atoms with Crippen LogP contribution in [-0.4, -0.2) is 32.4 Å². The lowest BCUT2D eigenvalue weighted by Crippen LogP contribution is -2.24. The van der Waals surface area contributed by atoms with E-state index in [4.69, 9.17) is 5.11 Å². The lowest BCUT2D eigenvalue weighted by atomic mass is 10.3. The monoisotopic (exact) mass is 263 g/mol. The molecule has 0 unspecified atom stereocenters. The molecule has 1 aromatic rings. The van der Waals surface area contributed by atoms with E-state index in [1.54, 1.807) is 0 Å². The fraction of sp³-hybridized carbons (Fsp3) is 0.222. The Labute approximate surface area is 97.1 Å². The minimum Gasteiger partial charge on any atom is -0.508 e. The SMILES string of the molecule is COC(=O)CS(=O)(=O)Nc1ccc(O)cc1F. The summed E-state index contributed by atoms with van der Waals surface area (Å²) >= 11 is 0. The molecule has 0 spiro atoms. The molecule has 94 valence electrons. The van der Waals surface area contributed by atoms with E-state index in [1.165, 1.54) is 0 Å². The Hall–Kier alpha value is -1.83. The third-order valence-corrected chi connectivity index (χ3v) is 2.90. The van der Waals surface area contributed by atoms with E-state index >= 15 is 0 Å². The molecule has 0 atom stereocenters. The molecule has 0 fully saturated rings. The molecule has 0 aliphatic carbocycles. The van der Waals surface area contributed by atoms with Gasteiger partial charge in [-0.05, 0) is 12.1 Å². The Morgan fingerprint density at radius 3 is 2.71 bits per heavy atom. The number of hydrogen-bond donors (Lipinski definition) is 2. The van der Waals surface area contributed by atoms with Gasteiger partial charge >= 0.3 is 5.97 Å². The van der Waals surface area contributed by atoms with Crippen molar-refractivity contribution in [1.29, 1.82) is 0 Å². The number of hydrogen-bond acceptors (Lipinski definition) is 5. The average Bonchev–Trinajstić information content (AvgIpc) is 2.21. The van der Waals surface area contributed by atoms with Crippen molar-refractivity contribution in [2.45, 2.75) is 0 Å². The predicted molar refractivity (Wildman–Crippen MR) is 57.5 cm³/mol. The van der Waals surface area contributed by atoms with Gasteiger partial charge in [-0.3, -0.25) is 9.52 Å². The number of phenols is 1. The van der Waals surface area contributed by atoms with E-state index < -0.39 is 27.6 Å². The summed E-state index contributed by atoms with van der Waals surface area (Å²) in [4.78, 5) is 10.8. The van der Waals surface area contributed by atoms with Crippen LogP contribution in [0.2, 0.25) is 0 Å². The second-order valence-corrected chi connectivity index (χ2v) is 4.82. The lowest BCUT2D eigenvalue weighted by Gasteiger charge is -2.07. The molecule has 8 heteroatoms. The van der Waals surface area contributed by atoms with E-state index in [1.807, 2.05) is 4.72 Å². The summed E-state index contributed by atoms with van der Waals surface area (Å²) in [7, 11) is -2.99. The van der Waals surface area contributed by atoms with Crippen LogP contribution in [0.15, 0.2) is 18.2 Å². The maximum Gasteiger partial charge on any atom is 0.322 e. The molecule has 0 amide bonds. The number of esters is 1. The number of halogens is 1. The number of nitrogens with one attached hydrogen (secondary N) is 1. The average molecular weight is 263 g/mol. The van der Waals surface area contributed by atoms with E-state index in [9.17, 15) is 17.6 Å². The minimum atomic E-state index is -4.03. The molecule has 0 saturated heterocycles. The highest BCUT2D eigenvalue weighted by Gasteiger charge is 2.18. The Balaban J connectivity index is 2.87. The molecule has 1 rings (SSSR count). The number of methoxy groups -OCH3 is 1. The highest BCUT2D eigenvalue weighted by molar-refractivity contribution is 7.93. The molecule has 6 nitrogen and oxygen atoms in total. The number of carbonyl (C=O) groups excluding carboxylic acids is 1. The maximum absolute atomic E-state index is 13.2. The third kappa shape index (κ3) is 3.91. The topological polar surface area (TPSA) is 92.7 Å². The number of ether oxygens (including phenoxy) is 1. The highest BCUT2D eigenvalue weighted by atomic mass is 32.2. The van der Waals surface area contributed by atoms with Gasteiger partial charge < -0.3 is 9.84 Å². The van der Waals surface area contributed by atoms with Gasteiger partial charge in [0.1, 0.15) is 5.75 Å². The zero-order chi connectivity index (χ0) is 13.1. The molecular weight excluding hydrogens is 253 g/mol. The molecule has 0 aliphatic heterocycles. The molecule has 0 saturated carbocycles. The van der Waals surface area contributed by atoms with Gasteiger partial charge in [-0.1, -0.05) is 0 Å². The van der Waals surface area contributed by atoms with Crippen molar-refractivity contribution in [3.8, 4) is 5.75 Å². The van der Waals surface area contributed by atoms with E-state index in [0.29, 0.717) is 0 Å². The van der Waals surface area contributed by atoms with Gasteiger partial charge in [-0.2, -0.15) is 0 Å². The van der Waals surface area contributed by atoms with Crippen LogP contribution in [0.1, 0.15) is 0 Å². The molecule has 0 aromatic heterocycles. The first kappa shape index (κ1) is 13.2. The van der Waals surface area contributed by atoms with Crippen LogP contribution >= 0.6 is 0 Å². The van der Waals surface area contributed by atoms with Crippen LogP contribution in [0.4, 0.5) is 10.1 Å². The summed E-state index contributed by atoms with van der Waals surface area (Å²) in [6.07, 6.45) is 0. The maximum atomic E-state index is 13.2. The smallest absolute Gasteiger partial charge is 0.322 e. The predicted octanol–water partition coefficient (Wildman–Crippen LogP) is 0.446. The van der Waals surface area contributed by atoms with Gasteiger partial charge in [0.05, 0.1) is 12.8 Å². The van der Waals surface area contributed by atoms with E-state index in [0.717, 1.165) is 25.3 Å². The fourth-order valence-electron chi connectivity index (χ4n) is 1.00. The number of rotatable bonds is 4. The largest absolute Gasteiger partial charge is 0.508 e. The zero-order valence-electron chi connectivity index (χ0n) is 8.81. The molecule has 17 heavy (non-hydrogen) atoms. The standard InChI is InChI=1S/C9H10FNO5S/c1-16-9(13)5-17(14,15)11-8-3-2-6(12)4-7(8)10/h2-4,11-12H,5H2,1H3. The van der Waals surface area contributed by atoms with E-state index in [-0.39, 0.29) is 11.4 Å². The molecule has 1 aromatic carbocycles. The number of benzene rings is 1. The van der Waals surface area contributed by atoms with Crippen molar-refractivity contribution in [2.24, 2.45) is 0 Å². The van der Waals surface area contributed by atoms with Crippen molar-refractivity contribution in [1.82, 2.24) is 0 Å². The van der Waals surface area contributed by atoms with E-state index in [2.05, 4.69) is 4.74 Å². The van der Waals surface area contributed by atoms with Crippen LogP contribution in [0, 0.1) is 5.82 Å². The molecule has 0 bridgehead atoms. The molecule has 0 aliphatic rings. The Morgan fingerprint density at radius 1 is 1.53 bits per heavy atom. The van der Waals surface area contributed by atoms with Gasteiger partial charge in [-0.15, -0.1) is 0 Å². The number of carbonyl (C=O) groups is 1. The van der Waals surface area contributed by atoms with Gasteiger partial charge in [0.15, 0.2) is 11.6 Å². The summed E-state index contributed by atoms with van der Waals surface area (Å²) in [6.45, 7) is 0. The second-order valence-electron chi connectivity index (χ2n) is 3.10. The number of anilines is 1. The van der Waals surface area contributed by atoms with Gasteiger partial charge in [-0.25, -0.2) is 12.8 Å². The number of aromatic hydroxyl groups is 1. The first-order chi connectivity index (χ1) is 7.84. The zero-order valence-corrected chi connectivity index (χ0v) is 9.62. The number of sulfonamides is 1. The van der Waals surface area contributed by atoms with Crippen LogP contribution < -0.4 is 4.72 Å². The summed E-state index contributed by atoms with van der Waals surface area (Å²) in [5, 5.41) is 8.93. The van der Waals surface area contributed by atoms with Crippen LogP contribution in [-0.2, 0) is 19.6 Å². The second kappa shape index (κ2) is 5.00. The third-order valence-electron chi connectivity index (χ3n) is 1.75. The van der Waals surface area contributed by atoms with Crippen molar-refractivity contribution in [3.05, 3.63) is 24.0 Å². The number of phenolic OH excluding ortho intramolecular Hbond substituents is 1. The first-order valence-electron chi connectivity index (χ1n) is 4.40. The van der Waals surface area contributed by atoms with Crippen molar-refractivity contribution in [3.63, 3.8) is 0 Å². The normalized spacial score (nSPS) is 10.9.